The predicted molar refractivity (Wildman–Crippen MR) is 80.4 cm³/mol. The van der Waals surface area contributed by atoms with Gasteiger partial charge in [-0.2, -0.15) is 0 Å². The van der Waals surface area contributed by atoms with Crippen molar-refractivity contribution < 1.29 is 9.90 Å². The van der Waals surface area contributed by atoms with Crippen LogP contribution in [0.2, 0.25) is 0 Å². The summed E-state index contributed by atoms with van der Waals surface area (Å²) in [4.78, 5) is 12.4. The summed E-state index contributed by atoms with van der Waals surface area (Å²) in [6.07, 6.45) is 4.34. The van der Waals surface area contributed by atoms with E-state index in [1.54, 1.807) is 0 Å². The van der Waals surface area contributed by atoms with Gasteiger partial charge in [-0.25, -0.2) is 0 Å². The maximum Gasteiger partial charge on any atom is 0.231 e. The van der Waals surface area contributed by atoms with Crippen molar-refractivity contribution in [1.29, 1.82) is 0 Å². The minimum absolute atomic E-state index is 0.0156. The highest BCUT2D eigenvalue weighted by Crippen LogP contribution is 2.37. The van der Waals surface area contributed by atoms with E-state index < -0.39 is 5.41 Å². The average Bonchev–Trinajstić information content (AvgIpc) is 2.78. The zero-order valence-corrected chi connectivity index (χ0v) is 12.1. The first kappa shape index (κ1) is 15.0. The Kier molecular flexibility index (Phi) is 4.78. The van der Waals surface area contributed by atoms with Crippen LogP contribution in [-0.4, -0.2) is 23.7 Å². The molecule has 0 heterocycles. The van der Waals surface area contributed by atoms with Crippen molar-refractivity contribution in [3.63, 3.8) is 0 Å². The third-order valence-electron chi connectivity index (χ3n) is 4.36. The van der Waals surface area contributed by atoms with E-state index in [-0.39, 0.29) is 18.6 Å². The number of carbonyl (C=O) groups excluding carboxylic acids is 1. The smallest absolute Gasteiger partial charge is 0.231 e. The lowest BCUT2D eigenvalue weighted by molar-refractivity contribution is -0.125. The van der Waals surface area contributed by atoms with Crippen LogP contribution in [0.15, 0.2) is 24.3 Å². The van der Waals surface area contributed by atoms with Crippen molar-refractivity contribution in [2.75, 3.05) is 11.9 Å². The van der Waals surface area contributed by atoms with Gasteiger partial charge >= 0.3 is 0 Å². The Labute approximate surface area is 120 Å². The summed E-state index contributed by atoms with van der Waals surface area (Å²) < 4.78 is 0. The first-order chi connectivity index (χ1) is 9.56. The van der Waals surface area contributed by atoms with E-state index in [1.807, 2.05) is 31.2 Å². The molecule has 0 radical (unpaired) electrons. The van der Waals surface area contributed by atoms with Crippen LogP contribution in [-0.2, 0) is 11.2 Å². The summed E-state index contributed by atoms with van der Waals surface area (Å²) in [6, 6.07) is 7.75. The number of anilines is 1. The van der Waals surface area contributed by atoms with Crippen LogP contribution in [0.25, 0.3) is 0 Å². The van der Waals surface area contributed by atoms with Gasteiger partial charge in [0, 0.05) is 18.3 Å². The zero-order valence-electron chi connectivity index (χ0n) is 12.1. The molecular weight excluding hydrogens is 252 g/mol. The van der Waals surface area contributed by atoms with Gasteiger partial charge in [0.1, 0.15) is 0 Å². The maximum absolute atomic E-state index is 12.4. The van der Waals surface area contributed by atoms with Crippen LogP contribution in [0.4, 0.5) is 5.69 Å². The van der Waals surface area contributed by atoms with Crippen LogP contribution in [0.1, 0.15) is 38.2 Å². The number of aliphatic hydroxyl groups is 1. The standard InChI is InChI=1S/C16H24N2O2/c1-16(9-3-8-14(16)17)15(20)18-13-7-2-5-12(11-13)6-4-10-19/h2,5,7,11,14,19H,3-4,6,8-10,17H2,1H3,(H,18,20). The largest absolute Gasteiger partial charge is 0.396 e. The Hall–Kier alpha value is -1.39. The van der Waals surface area contributed by atoms with Crippen LogP contribution >= 0.6 is 0 Å². The summed E-state index contributed by atoms with van der Waals surface area (Å²) in [5, 5.41) is 11.9. The zero-order chi connectivity index (χ0) is 14.6. The number of aryl methyl sites for hydroxylation is 1. The molecule has 1 aliphatic carbocycles. The van der Waals surface area contributed by atoms with Gasteiger partial charge < -0.3 is 16.2 Å². The molecule has 4 N–H and O–H groups in total. The highest BCUT2D eigenvalue weighted by molar-refractivity contribution is 5.95. The lowest BCUT2D eigenvalue weighted by Crippen LogP contribution is -2.44. The third-order valence-corrected chi connectivity index (χ3v) is 4.36. The minimum atomic E-state index is -0.457. The molecule has 4 nitrogen and oxygen atoms in total. The molecule has 1 amide bonds. The Morgan fingerprint density at radius 3 is 3.00 bits per heavy atom. The molecule has 110 valence electrons. The molecule has 1 fully saturated rings. The van der Waals surface area contributed by atoms with Crippen LogP contribution in [0.5, 0.6) is 0 Å². The minimum Gasteiger partial charge on any atom is -0.396 e. The molecule has 1 aliphatic rings. The fourth-order valence-corrected chi connectivity index (χ4v) is 2.84. The van der Waals surface area contributed by atoms with Gasteiger partial charge in [-0.1, -0.05) is 18.6 Å². The Bertz CT molecular complexity index is 475. The second-order valence-corrected chi connectivity index (χ2v) is 5.90. The topological polar surface area (TPSA) is 75.3 Å². The molecule has 20 heavy (non-hydrogen) atoms. The molecule has 2 atom stereocenters. The van der Waals surface area contributed by atoms with Gasteiger partial charge in [-0.05, 0) is 50.3 Å². The lowest BCUT2D eigenvalue weighted by Gasteiger charge is -2.27. The quantitative estimate of drug-likeness (QED) is 0.770. The predicted octanol–water partition coefficient (Wildman–Crippen LogP) is 2.07. The second kappa shape index (κ2) is 6.37. The monoisotopic (exact) mass is 276 g/mol. The Morgan fingerprint density at radius 2 is 2.35 bits per heavy atom. The first-order valence-electron chi connectivity index (χ1n) is 7.33. The van der Waals surface area contributed by atoms with E-state index in [4.69, 9.17) is 10.8 Å². The van der Waals surface area contributed by atoms with Gasteiger partial charge in [-0.3, -0.25) is 4.79 Å². The molecule has 2 rings (SSSR count). The summed E-state index contributed by atoms with van der Waals surface area (Å²) in [6.45, 7) is 2.14. The van der Waals surface area contributed by atoms with Crippen molar-refractivity contribution in [3.05, 3.63) is 29.8 Å². The maximum atomic E-state index is 12.4. The van der Waals surface area contributed by atoms with Gasteiger partial charge in [0.15, 0.2) is 0 Å². The van der Waals surface area contributed by atoms with Gasteiger partial charge in [-0.15, -0.1) is 0 Å². The molecule has 0 spiro atoms. The van der Waals surface area contributed by atoms with Crippen molar-refractivity contribution >= 4 is 11.6 Å². The number of benzene rings is 1. The molecule has 1 aromatic carbocycles. The van der Waals surface area contributed by atoms with E-state index in [1.165, 1.54) is 0 Å². The van der Waals surface area contributed by atoms with Gasteiger partial charge in [0.25, 0.3) is 0 Å². The van der Waals surface area contributed by atoms with E-state index >= 15 is 0 Å². The Balaban J connectivity index is 2.04. The Morgan fingerprint density at radius 1 is 1.55 bits per heavy atom. The lowest BCUT2D eigenvalue weighted by atomic mass is 9.84. The highest BCUT2D eigenvalue weighted by Gasteiger charge is 2.42. The molecule has 0 saturated heterocycles. The molecule has 0 bridgehead atoms. The van der Waals surface area contributed by atoms with Crippen LogP contribution in [0, 0.1) is 5.41 Å². The summed E-state index contributed by atoms with van der Waals surface area (Å²) >= 11 is 0. The SMILES string of the molecule is CC1(C(=O)Nc2cccc(CCCO)c2)CCCC1N. The molecular formula is C16H24N2O2. The summed E-state index contributed by atoms with van der Waals surface area (Å²) in [5.74, 6) is 0.0156. The molecule has 1 saturated carbocycles. The average molecular weight is 276 g/mol. The highest BCUT2D eigenvalue weighted by atomic mass is 16.2. The van der Waals surface area contributed by atoms with Crippen LogP contribution in [0.3, 0.4) is 0 Å². The van der Waals surface area contributed by atoms with Crippen molar-refractivity contribution in [1.82, 2.24) is 0 Å². The molecule has 0 aliphatic heterocycles. The number of rotatable bonds is 5. The van der Waals surface area contributed by atoms with E-state index in [0.717, 1.165) is 43.4 Å². The molecule has 0 aromatic heterocycles. The molecule has 1 aromatic rings. The number of hydrogen-bond acceptors (Lipinski definition) is 3. The number of nitrogens with one attached hydrogen (secondary N) is 1. The van der Waals surface area contributed by atoms with Crippen molar-refractivity contribution in [3.8, 4) is 0 Å². The van der Waals surface area contributed by atoms with Crippen molar-refractivity contribution in [2.45, 2.75) is 45.1 Å². The van der Waals surface area contributed by atoms with Crippen molar-refractivity contribution in [2.24, 2.45) is 11.1 Å². The van der Waals surface area contributed by atoms with E-state index in [2.05, 4.69) is 5.32 Å². The number of carbonyl (C=O) groups is 1. The number of amides is 1. The molecule has 2 unspecified atom stereocenters. The second-order valence-electron chi connectivity index (χ2n) is 5.90. The molecule has 4 heteroatoms. The summed E-state index contributed by atoms with van der Waals surface area (Å²) in [5.41, 5.74) is 7.55. The van der Waals surface area contributed by atoms with Gasteiger partial charge in [0.2, 0.25) is 5.91 Å². The fraction of sp³-hybridized carbons (Fsp3) is 0.562. The first-order valence-corrected chi connectivity index (χ1v) is 7.33. The summed E-state index contributed by atoms with van der Waals surface area (Å²) in [7, 11) is 0. The third kappa shape index (κ3) is 3.19. The van der Waals surface area contributed by atoms with E-state index in [0.29, 0.717) is 0 Å². The fourth-order valence-electron chi connectivity index (χ4n) is 2.84. The van der Waals surface area contributed by atoms with E-state index in [9.17, 15) is 4.79 Å². The van der Waals surface area contributed by atoms with Gasteiger partial charge in [0.05, 0.1) is 5.41 Å². The number of nitrogens with two attached hydrogens (primary N) is 1. The van der Waals surface area contributed by atoms with Crippen LogP contribution < -0.4 is 11.1 Å². The normalized spacial score (nSPS) is 25.6. The number of hydrogen-bond donors (Lipinski definition) is 3. The number of aliphatic hydroxyl groups excluding tert-OH is 1.